The molecule has 0 saturated carbocycles. The maximum absolute atomic E-state index is 12.0. The van der Waals surface area contributed by atoms with Gasteiger partial charge >= 0.3 is 6.03 Å². The average Bonchev–Trinajstić information content (AvgIpc) is 2.44. The number of amides is 2. The molecular weight excluding hydrogens is 244 g/mol. The Morgan fingerprint density at radius 1 is 1.37 bits per heavy atom. The molecule has 0 bridgehead atoms. The number of ether oxygens (including phenoxy) is 1. The minimum Gasteiger partial charge on any atom is -0.396 e. The lowest BCUT2D eigenvalue weighted by atomic mass is 9.94. The van der Waals surface area contributed by atoms with Crippen LogP contribution in [0.4, 0.5) is 4.79 Å². The average molecular weight is 272 g/mol. The fraction of sp³-hybridized carbons (Fsp3) is 0.929. The zero-order chi connectivity index (χ0) is 14.8. The Morgan fingerprint density at radius 2 is 1.95 bits per heavy atom. The van der Waals surface area contributed by atoms with E-state index in [1.165, 1.54) is 0 Å². The van der Waals surface area contributed by atoms with Gasteiger partial charge in [-0.1, -0.05) is 6.92 Å². The molecule has 5 heteroatoms. The smallest absolute Gasteiger partial charge is 0.315 e. The first-order valence-corrected chi connectivity index (χ1v) is 6.95. The maximum Gasteiger partial charge on any atom is 0.315 e. The largest absolute Gasteiger partial charge is 0.396 e. The summed E-state index contributed by atoms with van der Waals surface area (Å²) in [4.78, 5) is 12.0. The summed E-state index contributed by atoms with van der Waals surface area (Å²) >= 11 is 0. The second kappa shape index (κ2) is 5.67. The number of urea groups is 1. The maximum atomic E-state index is 12.0. The van der Waals surface area contributed by atoms with E-state index in [1.807, 2.05) is 41.5 Å². The van der Waals surface area contributed by atoms with Crippen LogP contribution in [0.5, 0.6) is 0 Å². The van der Waals surface area contributed by atoms with Crippen molar-refractivity contribution in [1.82, 2.24) is 10.6 Å². The molecule has 19 heavy (non-hydrogen) atoms. The van der Waals surface area contributed by atoms with Crippen molar-refractivity contribution in [3.63, 3.8) is 0 Å². The Bertz CT molecular complexity index is 329. The van der Waals surface area contributed by atoms with E-state index in [0.29, 0.717) is 0 Å². The molecule has 1 rings (SSSR count). The first-order valence-electron chi connectivity index (χ1n) is 6.95. The highest BCUT2D eigenvalue weighted by Crippen LogP contribution is 2.37. The van der Waals surface area contributed by atoms with Crippen LogP contribution in [0.1, 0.15) is 48.0 Å². The molecule has 0 spiro atoms. The molecule has 3 N–H and O–H groups in total. The van der Waals surface area contributed by atoms with Crippen LogP contribution in [0, 0.1) is 5.92 Å². The number of carbonyl (C=O) groups is 1. The van der Waals surface area contributed by atoms with Gasteiger partial charge in [0.15, 0.2) is 0 Å². The van der Waals surface area contributed by atoms with Gasteiger partial charge in [0.1, 0.15) is 0 Å². The van der Waals surface area contributed by atoms with Crippen molar-refractivity contribution < 1.29 is 14.6 Å². The molecule has 0 aromatic rings. The number of hydrogen-bond donors (Lipinski definition) is 3. The topological polar surface area (TPSA) is 70.6 Å². The fourth-order valence-electron chi connectivity index (χ4n) is 2.49. The molecule has 2 amide bonds. The van der Waals surface area contributed by atoms with Crippen molar-refractivity contribution in [2.45, 2.75) is 71.2 Å². The molecule has 3 unspecified atom stereocenters. The number of nitrogens with one attached hydrogen (secondary N) is 2. The molecule has 1 saturated heterocycles. The molecule has 0 aromatic carbocycles. The lowest BCUT2D eigenvalue weighted by Gasteiger charge is -2.28. The molecule has 1 fully saturated rings. The monoisotopic (exact) mass is 272 g/mol. The molecule has 1 aliphatic heterocycles. The van der Waals surface area contributed by atoms with E-state index in [4.69, 9.17) is 9.84 Å². The van der Waals surface area contributed by atoms with E-state index in [2.05, 4.69) is 10.6 Å². The van der Waals surface area contributed by atoms with Crippen molar-refractivity contribution >= 4 is 6.03 Å². The van der Waals surface area contributed by atoms with E-state index in [-0.39, 0.29) is 41.8 Å². The van der Waals surface area contributed by atoms with Gasteiger partial charge in [-0.2, -0.15) is 0 Å². The zero-order valence-corrected chi connectivity index (χ0v) is 12.9. The van der Waals surface area contributed by atoms with Crippen LogP contribution < -0.4 is 10.6 Å². The summed E-state index contributed by atoms with van der Waals surface area (Å²) in [5, 5.41) is 14.9. The Labute approximate surface area is 116 Å². The zero-order valence-electron chi connectivity index (χ0n) is 12.9. The van der Waals surface area contributed by atoms with Crippen LogP contribution in [0.3, 0.4) is 0 Å². The van der Waals surface area contributed by atoms with Gasteiger partial charge in [0, 0.05) is 12.6 Å². The van der Waals surface area contributed by atoms with E-state index < -0.39 is 0 Å². The predicted molar refractivity (Wildman–Crippen MR) is 75.0 cm³/mol. The normalized spacial score (nSPS) is 27.6. The van der Waals surface area contributed by atoms with Gasteiger partial charge < -0.3 is 20.5 Å². The molecular formula is C14H28N2O3. The highest BCUT2D eigenvalue weighted by Gasteiger charge is 2.46. The summed E-state index contributed by atoms with van der Waals surface area (Å²) in [6.45, 7) is 11.9. The highest BCUT2D eigenvalue weighted by atomic mass is 16.5. The lowest BCUT2D eigenvalue weighted by Crippen LogP contribution is -2.52. The third-order valence-electron chi connectivity index (χ3n) is 3.88. The Kier molecular flexibility index (Phi) is 4.85. The van der Waals surface area contributed by atoms with Crippen LogP contribution >= 0.6 is 0 Å². The van der Waals surface area contributed by atoms with E-state index in [0.717, 1.165) is 6.42 Å². The number of aliphatic hydroxyl groups is 1. The first-order chi connectivity index (χ1) is 8.57. The summed E-state index contributed by atoms with van der Waals surface area (Å²) in [6, 6.07) is -0.283. The third kappa shape index (κ3) is 4.35. The second-order valence-corrected chi connectivity index (χ2v) is 6.79. The molecule has 3 atom stereocenters. The second-order valence-electron chi connectivity index (χ2n) is 6.79. The Hall–Kier alpha value is -0.810. The van der Waals surface area contributed by atoms with Gasteiger partial charge in [-0.3, -0.25) is 0 Å². The van der Waals surface area contributed by atoms with Gasteiger partial charge in [-0.15, -0.1) is 0 Å². The van der Waals surface area contributed by atoms with Crippen molar-refractivity contribution in [2.75, 3.05) is 6.61 Å². The lowest BCUT2D eigenvalue weighted by molar-refractivity contribution is -0.0691. The van der Waals surface area contributed by atoms with E-state index in [1.54, 1.807) is 0 Å². The summed E-state index contributed by atoms with van der Waals surface area (Å²) in [6.07, 6.45) is 0.789. The SMILES string of the molecule is CC(CO)C(C)NC(=O)NC1CC(C)(C)OC1(C)C. The Balaban J connectivity index is 2.53. The van der Waals surface area contributed by atoms with Crippen LogP contribution in [0.2, 0.25) is 0 Å². The minimum atomic E-state index is -0.368. The van der Waals surface area contributed by atoms with Crippen LogP contribution in [-0.2, 0) is 4.74 Å². The van der Waals surface area contributed by atoms with Crippen molar-refractivity contribution in [2.24, 2.45) is 5.92 Å². The van der Waals surface area contributed by atoms with Gasteiger partial charge in [0.05, 0.1) is 17.2 Å². The molecule has 0 radical (unpaired) electrons. The predicted octanol–water partition coefficient (Wildman–Crippen LogP) is 1.65. The van der Waals surface area contributed by atoms with Crippen LogP contribution in [0.25, 0.3) is 0 Å². The summed E-state index contributed by atoms with van der Waals surface area (Å²) < 4.78 is 5.94. The van der Waals surface area contributed by atoms with Gasteiger partial charge in [0.25, 0.3) is 0 Å². The first kappa shape index (κ1) is 16.2. The molecule has 1 aliphatic rings. The highest BCUT2D eigenvalue weighted by molar-refractivity contribution is 5.74. The van der Waals surface area contributed by atoms with Crippen LogP contribution in [0.15, 0.2) is 0 Å². The standard InChI is InChI=1S/C14H28N2O3/c1-9(8-17)10(2)15-12(18)16-11-7-13(3,4)19-14(11,5)6/h9-11,17H,7-8H2,1-6H3,(H2,15,16,18). The number of carbonyl (C=O) groups excluding carboxylic acids is 1. The molecule has 112 valence electrons. The summed E-state index contributed by atoms with van der Waals surface area (Å²) in [5.74, 6) is 0.0371. The van der Waals surface area contributed by atoms with Crippen LogP contribution in [-0.4, -0.2) is 41.0 Å². The number of hydrogen-bond acceptors (Lipinski definition) is 3. The fourth-order valence-corrected chi connectivity index (χ4v) is 2.49. The summed E-state index contributed by atoms with van der Waals surface area (Å²) in [7, 11) is 0. The van der Waals surface area contributed by atoms with Crippen molar-refractivity contribution in [1.29, 1.82) is 0 Å². The summed E-state index contributed by atoms with van der Waals surface area (Å²) in [5.41, 5.74) is -0.585. The molecule has 0 aliphatic carbocycles. The Morgan fingerprint density at radius 3 is 2.37 bits per heavy atom. The van der Waals surface area contributed by atoms with Crippen molar-refractivity contribution in [3.05, 3.63) is 0 Å². The number of rotatable bonds is 4. The minimum absolute atomic E-state index is 0.0147. The van der Waals surface area contributed by atoms with Crippen molar-refractivity contribution in [3.8, 4) is 0 Å². The van der Waals surface area contributed by atoms with Gasteiger partial charge in [-0.05, 0) is 47.0 Å². The van der Waals surface area contributed by atoms with E-state index in [9.17, 15) is 4.79 Å². The quantitative estimate of drug-likeness (QED) is 0.729. The van der Waals surface area contributed by atoms with E-state index >= 15 is 0 Å². The molecule has 5 nitrogen and oxygen atoms in total. The molecule has 0 aromatic heterocycles. The molecule has 1 heterocycles. The van der Waals surface area contributed by atoms with Gasteiger partial charge in [-0.25, -0.2) is 4.79 Å². The third-order valence-corrected chi connectivity index (χ3v) is 3.88. The van der Waals surface area contributed by atoms with Gasteiger partial charge in [0.2, 0.25) is 0 Å². The number of aliphatic hydroxyl groups excluding tert-OH is 1.